The first-order valence-electron chi connectivity index (χ1n) is 7.85. The fourth-order valence-corrected chi connectivity index (χ4v) is 3.87. The molecule has 0 spiro atoms. The minimum absolute atomic E-state index is 0.128. The Kier molecular flexibility index (Phi) is 5.61. The van der Waals surface area contributed by atoms with Crippen LogP contribution in [0.15, 0.2) is 36.4 Å². The number of carboxylic acid groups (broad SMARTS) is 1. The van der Waals surface area contributed by atoms with Crippen molar-refractivity contribution >= 4 is 52.4 Å². The van der Waals surface area contributed by atoms with E-state index in [0.717, 1.165) is 5.56 Å². The summed E-state index contributed by atoms with van der Waals surface area (Å²) in [5, 5.41) is 16.4. The lowest BCUT2D eigenvalue weighted by Gasteiger charge is -2.32. The minimum Gasteiger partial charge on any atom is -0.480 e. The number of rotatable bonds is 4. The van der Waals surface area contributed by atoms with Gasteiger partial charge < -0.3 is 15.7 Å². The van der Waals surface area contributed by atoms with Crippen LogP contribution in [0.3, 0.4) is 0 Å². The first-order chi connectivity index (χ1) is 12.3. The highest BCUT2D eigenvalue weighted by Crippen LogP contribution is 2.39. The molecule has 1 amide bonds. The molecule has 1 heterocycles. The SMILES string of the molecule is O=C(Cc1cccc(Cl)c1)N[C@@H]1C[C@@H](C(=O)O)Nc2cc(Cl)cc(Cl)c21. The second kappa shape index (κ2) is 7.74. The number of hydrogen-bond donors (Lipinski definition) is 3. The van der Waals surface area contributed by atoms with Crippen molar-refractivity contribution in [1.82, 2.24) is 5.32 Å². The highest BCUT2D eigenvalue weighted by Gasteiger charge is 2.33. The van der Waals surface area contributed by atoms with Crippen LogP contribution in [0.25, 0.3) is 0 Å². The van der Waals surface area contributed by atoms with E-state index >= 15 is 0 Å². The summed E-state index contributed by atoms with van der Waals surface area (Å²) in [6.45, 7) is 0. The average Bonchev–Trinajstić information content (AvgIpc) is 2.53. The van der Waals surface area contributed by atoms with E-state index in [0.29, 0.717) is 26.3 Å². The van der Waals surface area contributed by atoms with Crippen molar-refractivity contribution in [2.75, 3.05) is 5.32 Å². The number of halogens is 3. The molecule has 0 aliphatic carbocycles. The Morgan fingerprint density at radius 1 is 1.15 bits per heavy atom. The van der Waals surface area contributed by atoms with Crippen molar-refractivity contribution in [2.24, 2.45) is 0 Å². The number of anilines is 1. The molecule has 2 atom stereocenters. The highest BCUT2D eigenvalue weighted by atomic mass is 35.5. The van der Waals surface area contributed by atoms with Crippen LogP contribution in [0.2, 0.25) is 15.1 Å². The predicted octanol–water partition coefficient (Wildman–Crippen LogP) is 4.32. The summed E-state index contributed by atoms with van der Waals surface area (Å²) in [5.41, 5.74) is 1.91. The van der Waals surface area contributed by atoms with Gasteiger partial charge in [-0.3, -0.25) is 4.79 Å². The largest absolute Gasteiger partial charge is 0.480 e. The predicted molar refractivity (Wildman–Crippen MR) is 102 cm³/mol. The number of nitrogens with one attached hydrogen (secondary N) is 2. The van der Waals surface area contributed by atoms with Gasteiger partial charge in [0.2, 0.25) is 5.91 Å². The fraction of sp³-hybridized carbons (Fsp3) is 0.222. The summed E-state index contributed by atoms with van der Waals surface area (Å²) in [6, 6.07) is 8.79. The van der Waals surface area contributed by atoms with Crippen molar-refractivity contribution in [3.05, 3.63) is 62.6 Å². The maximum atomic E-state index is 12.5. The number of fused-ring (bicyclic) bond motifs is 1. The van der Waals surface area contributed by atoms with Gasteiger partial charge in [-0.15, -0.1) is 0 Å². The minimum atomic E-state index is -1.01. The first kappa shape index (κ1) is 18.8. The summed E-state index contributed by atoms with van der Waals surface area (Å²) in [7, 11) is 0. The number of aliphatic carboxylic acids is 1. The van der Waals surface area contributed by atoms with E-state index in [2.05, 4.69) is 10.6 Å². The van der Waals surface area contributed by atoms with E-state index in [4.69, 9.17) is 34.8 Å². The van der Waals surface area contributed by atoms with Crippen LogP contribution in [0.4, 0.5) is 5.69 Å². The van der Waals surface area contributed by atoms with Gasteiger partial charge in [-0.05, 0) is 29.8 Å². The molecule has 0 aromatic heterocycles. The van der Waals surface area contributed by atoms with Crippen molar-refractivity contribution < 1.29 is 14.7 Å². The van der Waals surface area contributed by atoms with Crippen molar-refractivity contribution in [2.45, 2.75) is 24.9 Å². The van der Waals surface area contributed by atoms with Crippen LogP contribution < -0.4 is 10.6 Å². The molecule has 3 N–H and O–H groups in total. The molecule has 0 radical (unpaired) electrons. The van der Waals surface area contributed by atoms with Crippen LogP contribution in [-0.2, 0) is 16.0 Å². The zero-order valence-corrected chi connectivity index (χ0v) is 15.7. The standard InChI is InChI=1S/C18H15Cl3N2O3/c19-10-3-1-2-9(4-10)5-16(24)23-14-8-15(18(25)26)22-13-7-11(20)6-12(21)17(13)14/h1-4,6-7,14-15,22H,5,8H2,(H,23,24)(H,25,26)/t14-,15+/m1/s1. The molecule has 0 bridgehead atoms. The van der Waals surface area contributed by atoms with E-state index in [1.54, 1.807) is 36.4 Å². The molecule has 1 aliphatic heterocycles. The number of carbonyl (C=O) groups is 2. The Morgan fingerprint density at radius 3 is 2.62 bits per heavy atom. The summed E-state index contributed by atoms with van der Waals surface area (Å²) >= 11 is 18.2. The topological polar surface area (TPSA) is 78.4 Å². The Bertz CT molecular complexity index is 873. The number of amides is 1. The molecule has 3 rings (SSSR count). The molecule has 26 heavy (non-hydrogen) atoms. The van der Waals surface area contributed by atoms with Gasteiger partial charge >= 0.3 is 5.97 Å². The van der Waals surface area contributed by atoms with E-state index in [1.165, 1.54) is 0 Å². The third-order valence-corrected chi connectivity index (χ3v) is 4.90. The van der Waals surface area contributed by atoms with Crippen molar-refractivity contribution in [3.63, 3.8) is 0 Å². The fourth-order valence-electron chi connectivity index (χ4n) is 3.03. The van der Waals surface area contributed by atoms with Gasteiger partial charge in [0, 0.05) is 32.7 Å². The molecule has 1 aliphatic rings. The van der Waals surface area contributed by atoms with Crippen molar-refractivity contribution in [1.29, 1.82) is 0 Å². The maximum absolute atomic E-state index is 12.5. The number of benzene rings is 2. The summed E-state index contributed by atoms with van der Waals surface area (Å²) < 4.78 is 0. The van der Waals surface area contributed by atoms with Gasteiger partial charge in [0.1, 0.15) is 6.04 Å². The Labute approximate surface area is 165 Å². The Balaban J connectivity index is 1.84. The number of hydrogen-bond acceptors (Lipinski definition) is 3. The zero-order valence-electron chi connectivity index (χ0n) is 13.4. The normalized spacial score (nSPS) is 18.6. The molecule has 0 saturated heterocycles. The van der Waals surface area contributed by atoms with Crippen LogP contribution in [0.1, 0.15) is 23.6 Å². The second-order valence-electron chi connectivity index (χ2n) is 6.05. The third-order valence-electron chi connectivity index (χ3n) is 4.13. The molecule has 0 unspecified atom stereocenters. The molecule has 136 valence electrons. The van der Waals surface area contributed by atoms with Gasteiger partial charge in [-0.2, -0.15) is 0 Å². The summed E-state index contributed by atoms with van der Waals surface area (Å²) in [6.07, 6.45) is 0.299. The van der Waals surface area contributed by atoms with E-state index in [-0.39, 0.29) is 18.7 Å². The first-order valence-corrected chi connectivity index (χ1v) is 8.99. The second-order valence-corrected chi connectivity index (χ2v) is 7.33. The summed E-state index contributed by atoms with van der Waals surface area (Å²) in [5.74, 6) is -1.26. The lowest BCUT2D eigenvalue weighted by Crippen LogP contribution is -2.41. The Hall–Kier alpha value is -1.95. The zero-order chi connectivity index (χ0) is 18.8. The van der Waals surface area contributed by atoms with Gasteiger partial charge in [-0.25, -0.2) is 4.79 Å². The lowest BCUT2D eigenvalue weighted by molar-refractivity contribution is -0.138. The average molecular weight is 414 g/mol. The molecule has 5 nitrogen and oxygen atoms in total. The smallest absolute Gasteiger partial charge is 0.326 e. The van der Waals surface area contributed by atoms with Crippen LogP contribution in [0.5, 0.6) is 0 Å². The van der Waals surface area contributed by atoms with Gasteiger partial charge in [0.15, 0.2) is 0 Å². The van der Waals surface area contributed by atoms with Gasteiger partial charge in [0.05, 0.1) is 12.5 Å². The van der Waals surface area contributed by atoms with Gasteiger partial charge in [0.25, 0.3) is 0 Å². The summed E-state index contributed by atoms with van der Waals surface area (Å²) in [4.78, 5) is 23.9. The molecule has 0 fully saturated rings. The van der Waals surface area contributed by atoms with Crippen LogP contribution >= 0.6 is 34.8 Å². The van der Waals surface area contributed by atoms with Crippen LogP contribution in [0, 0.1) is 0 Å². The maximum Gasteiger partial charge on any atom is 0.326 e. The van der Waals surface area contributed by atoms with Gasteiger partial charge in [-0.1, -0.05) is 46.9 Å². The lowest BCUT2D eigenvalue weighted by atomic mass is 9.92. The van der Waals surface area contributed by atoms with E-state index < -0.39 is 18.1 Å². The van der Waals surface area contributed by atoms with E-state index in [1.807, 2.05) is 0 Å². The van der Waals surface area contributed by atoms with Crippen molar-refractivity contribution in [3.8, 4) is 0 Å². The molecule has 0 saturated carbocycles. The quantitative estimate of drug-likeness (QED) is 0.698. The monoisotopic (exact) mass is 412 g/mol. The third kappa shape index (κ3) is 4.23. The molecular weight excluding hydrogens is 399 g/mol. The molecular formula is C18H15Cl3N2O3. The Morgan fingerprint density at radius 2 is 1.92 bits per heavy atom. The van der Waals surface area contributed by atoms with Crippen LogP contribution in [-0.4, -0.2) is 23.0 Å². The molecule has 2 aromatic rings. The number of carbonyl (C=O) groups excluding carboxylic acids is 1. The highest BCUT2D eigenvalue weighted by molar-refractivity contribution is 6.35. The molecule has 2 aromatic carbocycles. The number of carboxylic acids is 1. The van der Waals surface area contributed by atoms with E-state index in [9.17, 15) is 14.7 Å². The molecule has 8 heteroatoms.